The van der Waals surface area contributed by atoms with E-state index in [2.05, 4.69) is 6.07 Å². The van der Waals surface area contributed by atoms with Crippen LogP contribution in [0.2, 0.25) is 0 Å². The van der Waals surface area contributed by atoms with Gasteiger partial charge >= 0.3 is 0 Å². The fourth-order valence-electron chi connectivity index (χ4n) is 2.48. The van der Waals surface area contributed by atoms with Crippen LogP contribution in [-0.4, -0.2) is 19.6 Å². The molecule has 1 amide bonds. The van der Waals surface area contributed by atoms with Gasteiger partial charge in [0, 0.05) is 12.7 Å². The van der Waals surface area contributed by atoms with Gasteiger partial charge in [-0.25, -0.2) is 0 Å². The van der Waals surface area contributed by atoms with E-state index in [1.54, 1.807) is 11.9 Å². The van der Waals surface area contributed by atoms with Gasteiger partial charge in [0.05, 0.1) is 0 Å². The lowest BCUT2D eigenvalue weighted by Gasteiger charge is -2.18. The van der Waals surface area contributed by atoms with Gasteiger partial charge < -0.3 is 9.64 Å². The summed E-state index contributed by atoms with van der Waals surface area (Å²) in [5, 5.41) is 2.28. The molecule has 0 fully saturated rings. The van der Waals surface area contributed by atoms with Crippen LogP contribution in [0.25, 0.3) is 10.8 Å². The highest BCUT2D eigenvalue weighted by atomic mass is 16.5. The van der Waals surface area contributed by atoms with Gasteiger partial charge in [-0.1, -0.05) is 48.5 Å². The Kier molecular flexibility index (Phi) is 4.29. The average molecular weight is 305 g/mol. The van der Waals surface area contributed by atoms with Crippen molar-refractivity contribution in [2.45, 2.75) is 6.92 Å². The van der Waals surface area contributed by atoms with E-state index in [0.29, 0.717) is 0 Å². The van der Waals surface area contributed by atoms with Crippen molar-refractivity contribution < 1.29 is 9.53 Å². The third-order valence-corrected chi connectivity index (χ3v) is 3.94. The van der Waals surface area contributed by atoms with Crippen molar-refractivity contribution in [2.24, 2.45) is 0 Å². The van der Waals surface area contributed by atoms with E-state index in [9.17, 15) is 4.79 Å². The smallest absolute Gasteiger partial charge is 0.264 e. The molecule has 0 N–H and O–H groups in total. The van der Waals surface area contributed by atoms with Gasteiger partial charge in [-0.3, -0.25) is 4.79 Å². The summed E-state index contributed by atoms with van der Waals surface area (Å²) in [5.74, 6) is 0.663. The number of fused-ring (bicyclic) bond motifs is 1. The molecule has 23 heavy (non-hydrogen) atoms. The van der Waals surface area contributed by atoms with Crippen molar-refractivity contribution in [1.29, 1.82) is 0 Å². The Labute approximate surface area is 136 Å². The maximum atomic E-state index is 12.4. The number of likely N-dealkylation sites (N-methyl/N-ethyl adjacent to an activating group) is 1. The van der Waals surface area contributed by atoms with Crippen LogP contribution in [0.3, 0.4) is 0 Å². The lowest BCUT2D eigenvalue weighted by Crippen LogP contribution is -2.31. The molecule has 0 aliphatic rings. The molecule has 0 saturated heterocycles. The second-order valence-electron chi connectivity index (χ2n) is 5.54. The molecular weight excluding hydrogens is 286 g/mol. The molecule has 3 heteroatoms. The molecule has 0 heterocycles. The third-order valence-electron chi connectivity index (χ3n) is 3.94. The van der Waals surface area contributed by atoms with Crippen LogP contribution in [0.4, 0.5) is 5.69 Å². The highest BCUT2D eigenvalue weighted by Gasteiger charge is 2.12. The topological polar surface area (TPSA) is 29.5 Å². The molecule has 3 aromatic rings. The lowest BCUT2D eigenvalue weighted by molar-refractivity contribution is -0.120. The summed E-state index contributed by atoms with van der Waals surface area (Å²) < 4.78 is 5.64. The van der Waals surface area contributed by atoms with Gasteiger partial charge in [0.2, 0.25) is 0 Å². The van der Waals surface area contributed by atoms with E-state index >= 15 is 0 Å². The maximum absolute atomic E-state index is 12.4. The summed E-state index contributed by atoms with van der Waals surface area (Å²) in [7, 11) is 1.77. The van der Waals surface area contributed by atoms with E-state index in [4.69, 9.17) is 4.74 Å². The molecule has 0 unspecified atom stereocenters. The number of aryl methyl sites for hydroxylation is 1. The number of hydrogen-bond donors (Lipinski definition) is 0. The number of rotatable bonds is 4. The van der Waals surface area contributed by atoms with Gasteiger partial charge in [-0.05, 0) is 41.5 Å². The largest absolute Gasteiger partial charge is 0.483 e. The van der Waals surface area contributed by atoms with Crippen molar-refractivity contribution in [2.75, 3.05) is 18.6 Å². The number of benzene rings is 3. The minimum Gasteiger partial charge on any atom is -0.483 e. The normalized spacial score (nSPS) is 10.5. The Bertz CT molecular complexity index is 842. The maximum Gasteiger partial charge on any atom is 0.264 e. The predicted octanol–water partition coefficient (Wildman–Crippen LogP) is 4.19. The Morgan fingerprint density at radius 3 is 2.43 bits per heavy atom. The first-order valence-electron chi connectivity index (χ1n) is 7.59. The zero-order valence-electron chi connectivity index (χ0n) is 13.3. The molecule has 0 spiro atoms. The summed E-state index contributed by atoms with van der Waals surface area (Å²) in [6.45, 7) is 1.99. The van der Waals surface area contributed by atoms with Gasteiger partial charge in [0.25, 0.3) is 5.91 Å². The predicted molar refractivity (Wildman–Crippen MR) is 94.0 cm³/mol. The monoisotopic (exact) mass is 305 g/mol. The molecule has 0 aliphatic carbocycles. The van der Waals surface area contributed by atoms with Crippen molar-refractivity contribution in [3.63, 3.8) is 0 Å². The Hall–Kier alpha value is -2.81. The van der Waals surface area contributed by atoms with Crippen LogP contribution < -0.4 is 9.64 Å². The zero-order valence-corrected chi connectivity index (χ0v) is 13.3. The number of anilines is 1. The van der Waals surface area contributed by atoms with Gasteiger partial charge in [0.1, 0.15) is 5.75 Å². The fraction of sp³-hybridized carbons (Fsp3) is 0.150. The second kappa shape index (κ2) is 6.53. The Morgan fingerprint density at radius 2 is 1.65 bits per heavy atom. The highest BCUT2D eigenvalue weighted by molar-refractivity contribution is 5.96. The van der Waals surface area contributed by atoms with Crippen LogP contribution in [0.15, 0.2) is 66.7 Å². The number of carbonyl (C=O) groups is 1. The number of hydrogen-bond acceptors (Lipinski definition) is 2. The summed E-state index contributed by atoms with van der Waals surface area (Å²) >= 11 is 0. The zero-order chi connectivity index (χ0) is 16.2. The van der Waals surface area contributed by atoms with E-state index in [1.807, 2.05) is 67.6 Å². The molecule has 0 atom stereocenters. The first kappa shape index (κ1) is 15.1. The van der Waals surface area contributed by atoms with Crippen molar-refractivity contribution >= 4 is 22.4 Å². The molecule has 0 saturated carbocycles. The van der Waals surface area contributed by atoms with Crippen molar-refractivity contribution in [3.05, 3.63) is 72.3 Å². The van der Waals surface area contributed by atoms with Crippen LogP contribution in [0.1, 0.15) is 5.56 Å². The molecule has 0 bridgehead atoms. The molecule has 3 aromatic carbocycles. The second-order valence-corrected chi connectivity index (χ2v) is 5.54. The molecule has 3 rings (SSSR count). The summed E-state index contributed by atoms with van der Waals surface area (Å²) in [4.78, 5) is 14.0. The van der Waals surface area contributed by atoms with E-state index in [1.165, 1.54) is 0 Å². The third kappa shape index (κ3) is 3.34. The van der Waals surface area contributed by atoms with E-state index in [0.717, 1.165) is 27.8 Å². The number of ether oxygens (including phenoxy) is 1. The minimum atomic E-state index is -0.0801. The summed E-state index contributed by atoms with van der Waals surface area (Å²) in [6.07, 6.45) is 0. The minimum absolute atomic E-state index is 0.0220. The molecule has 0 radical (unpaired) electrons. The molecule has 0 aliphatic heterocycles. The average Bonchev–Trinajstić information content (AvgIpc) is 2.59. The first-order chi connectivity index (χ1) is 11.1. The standard InChI is InChI=1S/C20H19NO2/c1-15-7-3-6-10-19(15)23-14-20(22)21(2)18-12-11-16-8-4-5-9-17(16)13-18/h3-13H,14H2,1-2H3. The Morgan fingerprint density at radius 1 is 0.957 bits per heavy atom. The van der Waals surface area contributed by atoms with E-state index in [-0.39, 0.29) is 12.5 Å². The lowest BCUT2D eigenvalue weighted by atomic mass is 10.1. The molecule has 0 aromatic heterocycles. The van der Waals surface area contributed by atoms with E-state index < -0.39 is 0 Å². The molecule has 116 valence electrons. The first-order valence-corrected chi connectivity index (χ1v) is 7.59. The summed E-state index contributed by atoms with van der Waals surface area (Å²) in [6, 6.07) is 21.8. The van der Waals surface area contributed by atoms with Crippen LogP contribution in [0, 0.1) is 6.92 Å². The van der Waals surface area contributed by atoms with Crippen molar-refractivity contribution in [3.8, 4) is 5.75 Å². The number of carbonyl (C=O) groups excluding carboxylic acids is 1. The van der Waals surface area contributed by atoms with Gasteiger partial charge in [-0.15, -0.1) is 0 Å². The number of nitrogens with zero attached hydrogens (tertiary/aromatic N) is 1. The number of para-hydroxylation sites is 1. The molecular formula is C20H19NO2. The SMILES string of the molecule is Cc1ccccc1OCC(=O)N(C)c1ccc2ccccc2c1. The van der Waals surface area contributed by atoms with Gasteiger partial charge in [0.15, 0.2) is 6.61 Å². The molecule has 3 nitrogen and oxygen atoms in total. The highest BCUT2D eigenvalue weighted by Crippen LogP contribution is 2.22. The Balaban J connectivity index is 1.72. The summed E-state index contributed by atoms with van der Waals surface area (Å²) in [5.41, 5.74) is 1.88. The number of amides is 1. The van der Waals surface area contributed by atoms with Gasteiger partial charge in [-0.2, -0.15) is 0 Å². The van der Waals surface area contributed by atoms with Crippen LogP contribution >= 0.6 is 0 Å². The quantitative estimate of drug-likeness (QED) is 0.723. The van der Waals surface area contributed by atoms with Crippen LogP contribution in [-0.2, 0) is 4.79 Å². The van der Waals surface area contributed by atoms with Crippen molar-refractivity contribution in [1.82, 2.24) is 0 Å². The van der Waals surface area contributed by atoms with Crippen LogP contribution in [0.5, 0.6) is 5.75 Å². The fourth-order valence-corrected chi connectivity index (χ4v) is 2.48.